The van der Waals surface area contributed by atoms with Crippen molar-refractivity contribution in [3.63, 3.8) is 0 Å². The highest BCUT2D eigenvalue weighted by molar-refractivity contribution is 6.33. The van der Waals surface area contributed by atoms with Gasteiger partial charge in [0.15, 0.2) is 0 Å². The lowest BCUT2D eigenvalue weighted by molar-refractivity contribution is -0.141. The Labute approximate surface area is 229 Å². The van der Waals surface area contributed by atoms with E-state index in [-0.39, 0.29) is 11.6 Å². The van der Waals surface area contributed by atoms with Gasteiger partial charge < -0.3 is 4.90 Å². The standard InChI is InChI=1S/C31H28ClF6N/c32-29-26(9-4-10-27(29)31(36,37)38)25-8-3-6-22-5-1-2-7-24(22)28(25)23-13-11-20(12-14-23)17-21-18-39(19-21)16-15-30(33,34)35/h1-2,4-5,7,9-14,21H,3,6,8,15-19H2. The molecule has 0 amide bonds. The molecule has 0 saturated carbocycles. The van der Waals surface area contributed by atoms with E-state index in [0.29, 0.717) is 31.0 Å². The van der Waals surface area contributed by atoms with Gasteiger partial charge in [0.1, 0.15) is 0 Å². The summed E-state index contributed by atoms with van der Waals surface area (Å²) in [6.07, 6.45) is -6.53. The van der Waals surface area contributed by atoms with Crippen LogP contribution in [-0.2, 0) is 19.0 Å². The van der Waals surface area contributed by atoms with Gasteiger partial charge in [-0.1, -0.05) is 72.3 Å². The fraction of sp³-hybridized carbons (Fsp3) is 0.355. The molecule has 0 unspecified atom stereocenters. The SMILES string of the molecule is FC(F)(F)CCN1CC(Cc2ccc(C3=C(c4cccc(C(F)(F)F)c4Cl)CCCc4ccccc43)cc2)C1. The summed E-state index contributed by atoms with van der Waals surface area (Å²) < 4.78 is 78.5. The second kappa shape index (κ2) is 11.0. The number of hydrogen-bond donors (Lipinski definition) is 0. The third-order valence-corrected chi connectivity index (χ3v) is 8.01. The first-order chi connectivity index (χ1) is 18.5. The highest BCUT2D eigenvalue weighted by Gasteiger charge is 2.35. The predicted molar refractivity (Wildman–Crippen MR) is 142 cm³/mol. The number of hydrogen-bond acceptors (Lipinski definition) is 1. The molecule has 1 aliphatic carbocycles. The van der Waals surface area contributed by atoms with Gasteiger partial charge in [-0.15, -0.1) is 0 Å². The van der Waals surface area contributed by atoms with Crippen LogP contribution in [0.3, 0.4) is 0 Å². The first-order valence-electron chi connectivity index (χ1n) is 13.1. The van der Waals surface area contributed by atoms with Gasteiger partial charge >= 0.3 is 12.4 Å². The Kier molecular flexibility index (Phi) is 7.84. The maximum atomic E-state index is 13.7. The minimum Gasteiger partial charge on any atom is -0.302 e. The second-order valence-corrected chi connectivity index (χ2v) is 10.8. The minimum absolute atomic E-state index is 0.0351. The number of aryl methyl sites for hydroxylation is 1. The summed E-state index contributed by atoms with van der Waals surface area (Å²) in [6, 6.07) is 20.1. The fourth-order valence-electron chi connectivity index (χ4n) is 5.72. The zero-order chi connectivity index (χ0) is 27.8. The molecule has 1 aliphatic heterocycles. The molecule has 1 fully saturated rings. The highest BCUT2D eigenvalue weighted by atomic mass is 35.5. The molecule has 3 aromatic rings. The van der Waals surface area contributed by atoms with Crippen LogP contribution in [0.15, 0.2) is 66.7 Å². The van der Waals surface area contributed by atoms with Gasteiger partial charge in [-0.25, -0.2) is 0 Å². The van der Waals surface area contributed by atoms with Crippen molar-refractivity contribution in [1.82, 2.24) is 4.90 Å². The number of likely N-dealkylation sites (tertiary alicyclic amines) is 1. The van der Waals surface area contributed by atoms with Crippen LogP contribution >= 0.6 is 11.6 Å². The van der Waals surface area contributed by atoms with Crippen molar-refractivity contribution in [1.29, 1.82) is 0 Å². The maximum absolute atomic E-state index is 13.7. The highest BCUT2D eigenvalue weighted by Crippen LogP contribution is 2.45. The van der Waals surface area contributed by atoms with Gasteiger partial charge in [0.05, 0.1) is 17.0 Å². The van der Waals surface area contributed by atoms with Crippen LogP contribution in [0.5, 0.6) is 0 Å². The zero-order valence-corrected chi connectivity index (χ0v) is 21.9. The molecular weight excluding hydrogens is 536 g/mol. The van der Waals surface area contributed by atoms with Crippen molar-refractivity contribution in [2.24, 2.45) is 5.92 Å². The van der Waals surface area contributed by atoms with Gasteiger partial charge in [-0.05, 0) is 76.6 Å². The van der Waals surface area contributed by atoms with Crippen molar-refractivity contribution in [2.45, 2.75) is 44.5 Å². The summed E-state index contributed by atoms with van der Waals surface area (Å²) in [5.74, 6) is 0.307. The van der Waals surface area contributed by atoms with Gasteiger partial charge in [-0.2, -0.15) is 26.3 Å². The van der Waals surface area contributed by atoms with E-state index in [9.17, 15) is 26.3 Å². The number of benzene rings is 3. The fourth-order valence-corrected chi connectivity index (χ4v) is 6.07. The van der Waals surface area contributed by atoms with Gasteiger partial charge in [0.25, 0.3) is 0 Å². The van der Waals surface area contributed by atoms with Crippen LogP contribution in [-0.4, -0.2) is 30.7 Å². The molecule has 0 atom stereocenters. The molecule has 39 heavy (non-hydrogen) atoms. The summed E-state index contributed by atoms with van der Waals surface area (Å²) in [7, 11) is 0. The summed E-state index contributed by atoms with van der Waals surface area (Å²) in [4.78, 5) is 1.82. The summed E-state index contributed by atoms with van der Waals surface area (Å²) in [5.41, 5.74) is 5.36. The number of nitrogens with zero attached hydrogens (tertiary/aromatic N) is 1. The molecule has 0 spiro atoms. The predicted octanol–water partition coefficient (Wildman–Crippen LogP) is 9.08. The Bertz CT molecular complexity index is 1350. The van der Waals surface area contributed by atoms with Crippen molar-refractivity contribution in [2.75, 3.05) is 19.6 Å². The molecule has 3 aromatic carbocycles. The molecule has 0 aromatic heterocycles. The first-order valence-corrected chi connectivity index (χ1v) is 13.4. The Morgan fingerprint density at radius 3 is 2.18 bits per heavy atom. The van der Waals surface area contributed by atoms with Crippen LogP contribution in [0, 0.1) is 5.92 Å². The molecule has 8 heteroatoms. The quantitative estimate of drug-likeness (QED) is 0.270. The molecule has 1 nitrogen and oxygen atoms in total. The van der Waals surface area contributed by atoms with E-state index < -0.39 is 24.3 Å². The van der Waals surface area contributed by atoms with Crippen LogP contribution in [0.25, 0.3) is 11.1 Å². The summed E-state index contributed by atoms with van der Waals surface area (Å²) in [5, 5.41) is -0.284. The number of rotatable bonds is 6. The van der Waals surface area contributed by atoms with Crippen LogP contribution in [0.1, 0.15) is 52.6 Å². The molecule has 206 valence electrons. The van der Waals surface area contributed by atoms with E-state index in [1.54, 1.807) is 6.07 Å². The van der Waals surface area contributed by atoms with Gasteiger partial charge in [0.2, 0.25) is 0 Å². The smallest absolute Gasteiger partial charge is 0.302 e. The third kappa shape index (κ3) is 6.36. The molecule has 2 aliphatic rings. The molecular formula is C31H28ClF6N. The maximum Gasteiger partial charge on any atom is 0.417 e. The van der Waals surface area contributed by atoms with Gasteiger partial charge in [-0.3, -0.25) is 0 Å². The van der Waals surface area contributed by atoms with E-state index in [4.69, 9.17) is 11.6 Å². The van der Waals surface area contributed by atoms with E-state index in [2.05, 4.69) is 6.07 Å². The topological polar surface area (TPSA) is 3.24 Å². The minimum atomic E-state index is -4.55. The van der Waals surface area contributed by atoms with Crippen molar-refractivity contribution in [3.8, 4) is 0 Å². The Morgan fingerprint density at radius 2 is 1.49 bits per heavy atom. The van der Waals surface area contributed by atoms with Crippen LogP contribution in [0.2, 0.25) is 5.02 Å². The molecule has 5 rings (SSSR count). The van der Waals surface area contributed by atoms with E-state index in [1.807, 2.05) is 47.4 Å². The van der Waals surface area contributed by atoms with Crippen molar-refractivity contribution >= 4 is 22.7 Å². The van der Waals surface area contributed by atoms with E-state index in [1.165, 1.54) is 6.07 Å². The zero-order valence-electron chi connectivity index (χ0n) is 21.2. The number of halogens is 7. The molecule has 0 radical (unpaired) electrons. The van der Waals surface area contributed by atoms with Gasteiger partial charge in [0, 0.05) is 19.6 Å². The average molecular weight is 564 g/mol. The Morgan fingerprint density at radius 1 is 0.795 bits per heavy atom. The van der Waals surface area contributed by atoms with Crippen molar-refractivity contribution in [3.05, 3.63) is 105 Å². The Hall–Kier alpha value is -2.77. The van der Waals surface area contributed by atoms with Crippen molar-refractivity contribution < 1.29 is 26.3 Å². The normalized spacial score (nSPS) is 17.1. The average Bonchev–Trinajstić information content (AvgIpc) is 3.04. The molecule has 0 bridgehead atoms. The second-order valence-electron chi connectivity index (χ2n) is 10.4. The molecule has 1 heterocycles. The number of allylic oxidation sites excluding steroid dienone is 1. The molecule has 0 N–H and O–H groups in total. The summed E-state index contributed by atoms with van der Waals surface area (Å²) in [6.45, 7) is 1.33. The lowest BCUT2D eigenvalue weighted by Crippen LogP contribution is -2.48. The van der Waals surface area contributed by atoms with E-state index >= 15 is 0 Å². The van der Waals surface area contributed by atoms with E-state index in [0.717, 1.165) is 58.7 Å². The monoisotopic (exact) mass is 563 g/mol. The largest absolute Gasteiger partial charge is 0.417 e. The Balaban J connectivity index is 1.45. The molecule has 1 saturated heterocycles. The third-order valence-electron chi connectivity index (χ3n) is 7.60. The van der Waals surface area contributed by atoms with Crippen LogP contribution in [0.4, 0.5) is 26.3 Å². The summed E-state index contributed by atoms with van der Waals surface area (Å²) >= 11 is 6.40. The first kappa shape index (κ1) is 27.8. The lowest BCUT2D eigenvalue weighted by Gasteiger charge is -2.39. The lowest BCUT2D eigenvalue weighted by atomic mass is 9.86. The number of fused-ring (bicyclic) bond motifs is 1. The number of alkyl halides is 6. The van der Waals surface area contributed by atoms with Crippen LogP contribution < -0.4 is 0 Å².